The largest absolute Gasteiger partial charge is 0.327 e. The quantitative estimate of drug-likeness (QED) is 0.762. The lowest BCUT2D eigenvalue weighted by Gasteiger charge is -2.24. The van der Waals surface area contributed by atoms with Crippen LogP contribution in [0.4, 0.5) is 0 Å². The molecule has 0 radical (unpaired) electrons. The van der Waals surface area contributed by atoms with Crippen molar-refractivity contribution in [1.29, 1.82) is 0 Å². The molecule has 2 unspecified atom stereocenters. The molecule has 0 bridgehead atoms. The van der Waals surface area contributed by atoms with Crippen LogP contribution in [-0.4, -0.2) is 33.9 Å². The molecule has 0 aromatic carbocycles. The molecule has 2 aliphatic rings. The van der Waals surface area contributed by atoms with Gasteiger partial charge in [-0.3, -0.25) is 0 Å². The lowest BCUT2D eigenvalue weighted by molar-refractivity contribution is 0.361. The van der Waals surface area contributed by atoms with Crippen LogP contribution < -0.4 is 11.1 Å². The number of nitrogens with zero attached hydrogens (tertiary/aromatic N) is 3. The molecule has 3 heterocycles. The first-order chi connectivity index (χ1) is 8.33. The maximum atomic E-state index is 5.95. The van der Waals surface area contributed by atoms with E-state index in [4.69, 9.17) is 5.73 Å². The molecule has 0 saturated carbocycles. The Morgan fingerprint density at radius 2 is 2.29 bits per heavy atom. The zero-order chi connectivity index (χ0) is 11.7. The topological polar surface area (TPSA) is 68.8 Å². The molecule has 1 aromatic rings. The van der Waals surface area contributed by atoms with Gasteiger partial charge in [0.2, 0.25) is 0 Å². The van der Waals surface area contributed by atoms with Crippen molar-refractivity contribution in [3.63, 3.8) is 0 Å². The molecule has 3 N–H and O–H groups in total. The Bertz CT molecular complexity index is 380. The second-order valence-corrected chi connectivity index (χ2v) is 5.35. The van der Waals surface area contributed by atoms with E-state index in [1.165, 1.54) is 25.2 Å². The van der Waals surface area contributed by atoms with E-state index in [1.807, 2.05) is 0 Å². The Labute approximate surface area is 102 Å². The number of aromatic nitrogens is 3. The molecule has 1 saturated heterocycles. The van der Waals surface area contributed by atoms with Gasteiger partial charge in [-0.25, -0.2) is 0 Å². The highest BCUT2D eigenvalue weighted by Gasteiger charge is 2.23. The van der Waals surface area contributed by atoms with Crippen LogP contribution in [0.3, 0.4) is 0 Å². The Morgan fingerprint density at radius 3 is 3.12 bits per heavy atom. The molecule has 5 nitrogen and oxygen atoms in total. The summed E-state index contributed by atoms with van der Waals surface area (Å²) in [6.07, 6.45) is 5.61. The molecular weight excluding hydrogens is 214 g/mol. The van der Waals surface area contributed by atoms with E-state index < -0.39 is 0 Å². The predicted octanol–water partition coefficient (Wildman–Crippen LogP) is 0.0937. The van der Waals surface area contributed by atoms with Gasteiger partial charge in [0.25, 0.3) is 0 Å². The highest BCUT2D eigenvalue weighted by atomic mass is 15.3. The molecule has 0 amide bonds. The van der Waals surface area contributed by atoms with Crippen LogP contribution in [0.15, 0.2) is 0 Å². The highest BCUT2D eigenvalue weighted by molar-refractivity contribution is 5.02. The summed E-state index contributed by atoms with van der Waals surface area (Å²) in [6, 6.07) is 0.274. The minimum Gasteiger partial charge on any atom is -0.327 e. The van der Waals surface area contributed by atoms with E-state index >= 15 is 0 Å². The van der Waals surface area contributed by atoms with Crippen molar-refractivity contribution in [2.75, 3.05) is 13.1 Å². The van der Waals surface area contributed by atoms with Crippen LogP contribution in [0.25, 0.3) is 0 Å². The average molecular weight is 235 g/mol. The number of nitrogens with two attached hydrogens (primary N) is 1. The molecule has 2 atom stereocenters. The molecule has 1 fully saturated rings. The molecule has 3 rings (SSSR count). The van der Waals surface area contributed by atoms with Crippen molar-refractivity contribution >= 4 is 0 Å². The third kappa shape index (κ3) is 2.35. The van der Waals surface area contributed by atoms with E-state index in [9.17, 15) is 0 Å². The Balaban J connectivity index is 1.71. The number of hydrogen-bond donors (Lipinski definition) is 2. The van der Waals surface area contributed by atoms with Crippen LogP contribution in [0.2, 0.25) is 0 Å². The lowest BCUT2D eigenvalue weighted by Crippen LogP contribution is -2.33. The van der Waals surface area contributed by atoms with Gasteiger partial charge in [-0.2, -0.15) is 0 Å². The molecule has 2 aliphatic heterocycles. The van der Waals surface area contributed by atoms with Gasteiger partial charge < -0.3 is 15.6 Å². The summed E-state index contributed by atoms with van der Waals surface area (Å²) in [6.45, 7) is 3.30. The normalized spacial score (nSPS) is 29.0. The van der Waals surface area contributed by atoms with Crippen LogP contribution in [0.1, 0.15) is 30.9 Å². The standard InChI is InChI=1S/C12H21N5/c13-10-3-5-17-11(15-16-12(17)7-10)6-9-2-1-4-14-8-9/h9-10,14H,1-8,13H2. The Morgan fingerprint density at radius 1 is 1.35 bits per heavy atom. The summed E-state index contributed by atoms with van der Waals surface area (Å²) >= 11 is 0. The average Bonchev–Trinajstić information content (AvgIpc) is 2.73. The monoisotopic (exact) mass is 235 g/mol. The van der Waals surface area contributed by atoms with Crippen molar-refractivity contribution in [1.82, 2.24) is 20.1 Å². The zero-order valence-corrected chi connectivity index (χ0v) is 10.2. The fraction of sp³-hybridized carbons (Fsp3) is 0.833. The second kappa shape index (κ2) is 4.74. The third-order valence-corrected chi connectivity index (χ3v) is 3.94. The van der Waals surface area contributed by atoms with Crippen molar-refractivity contribution in [3.05, 3.63) is 11.6 Å². The first kappa shape index (κ1) is 11.2. The maximum Gasteiger partial charge on any atom is 0.134 e. The van der Waals surface area contributed by atoms with Gasteiger partial charge in [-0.15, -0.1) is 10.2 Å². The second-order valence-electron chi connectivity index (χ2n) is 5.35. The molecule has 94 valence electrons. The lowest BCUT2D eigenvalue weighted by atomic mass is 9.95. The first-order valence-corrected chi connectivity index (χ1v) is 6.70. The van der Waals surface area contributed by atoms with Crippen molar-refractivity contribution in [2.24, 2.45) is 11.7 Å². The van der Waals surface area contributed by atoms with Crippen molar-refractivity contribution in [2.45, 2.75) is 44.7 Å². The van der Waals surface area contributed by atoms with Crippen LogP contribution in [0.5, 0.6) is 0 Å². The van der Waals surface area contributed by atoms with Crippen LogP contribution in [-0.2, 0) is 19.4 Å². The van der Waals surface area contributed by atoms with E-state index in [-0.39, 0.29) is 6.04 Å². The summed E-state index contributed by atoms with van der Waals surface area (Å²) in [5.41, 5.74) is 5.95. The number of nitrogens with one attached hydrogen (secondary N) is 1. The molecule has 0 aliphatic carbocycles. The van der Waals surface area contributed by atoms with E-state index in [1.54, 1.807) is 0 Å². The molecule has 0 spiro atoms. The van der Waals surface area contributed by atoms with Gasteiger partial charge in [0, 0.05) is 25.4 Å². The van der Waals surface area contributed by atoms with Gasteiger partial charge in [-0.05, 0) is 38.3 Å². The van der Waals surface area contributed by atoms with Crippen molar-refractivity contribution < 1.29 is 0 Å². The van der Waals surface area contributed by atoms with Gasteiger partial charge in [0.05, 0.1) is 0 Å². The fourth-order valence-electron chi connectivity index (χ4n) is 2.92. The number of fused-ring (bicyclic) bond motifs is 1. The van der Waals surface area contributed by atoms with Gasteiger partial charge >= 0.3 is 0 Å². The number of piperidine rings is 1. The maximum absolute atomic E-state index is 5.95. The molecule has 1 aromatic heterocycles. The zero-order valence-electron chi connectivity index (χ0n) is 10.2. The smallest absolute Gasteiger partial charge is 0.134 e. The van der Waals surface area contributed by atoms with Crippen molar-refractivity contribution in [3.8, 4) is 0 Å². The Hall–Kier alpha value is -0.940. The summed E-state index contributed by atoms with van der Waals surface area (Å²) in [4.78, 5) is 0. The van der Waals surface area contributed by atoms with Crippen LogP contribution >= 0.6 is 0 Å². The van der Waals surface area contributed by atoms with E-state index in [2.05, 4.69) is 20.1 Å². The minimum absolute atomic E-state index is 0.274. The van der Waals surface area contributed by atoms with Crippen LogP contribution in [0, 0.1) is 5.92 Å². The van der Waals surface area contributed by atoms with Gasteiger partial charge in [-0.1, -0.05) is 0 Å². The summed E-state index contributed by atoms with van der Waals surface area (Å²) in [7, 11) is 0. The minimum atomic E-state index is 0.274. The summed E-state index contributed by atoms with van der Waals surface area (Å²) in [5, 5.41) is 12.1. The third-order valence-electron chi connectivity index (χ3n) is 3.94. The highest BCUT2D eigenvalue weighted by Crippen LogP contribution is 2.19. The van der Waals surface area contributed by atoms with E-state index in [0.29, 0.717) is 0 Å². The predicted molar refractivity (Wildman–Crippen MR) is 65.6 cm³/mol. The molecule has 17 heavy (non-hydrogen) atoms. The summed E-state index contributed by atoms with van der Waals surface area (Å²) in [5.74, 6) is 2.98. The summed E-state index contributed by atoms with van der Waals surface area (Å²) < 4.78 is 2.29. The van der Waals surface area contributed by atoms with Gasteiger partial charge in [0.15, 0.2) is 0 Å². The van der Waals surface area contributed by atoms with Gasteiger partial charge in [0.1, 0.15) is 11.6 Å². The number of rotatable bonds is 2. The Kier molecular flexibility index (Phi) is 3.11. The molecule has 5 heteroatoms. The SMILES string of the molecule is NC1CCn2c(nnc2CC2CCCNC2)C1. The van der Waals surface area contributed by atoms with E-state index in [0.717, 1.165) is 44.1 Å². The fourth-order valence-corrected chi connectivity index (χ4v) is 2.92. The first-order valence-electron chi connectivity index (χ1n) is 6.70. The number of hydrogen-bond acceptors (Lipinski definition) is 4. The molecular formula is C12H21N5.